The van der Waals surface area contributed by atoms with Crippen molar-refractivity contribution >= 4 is 5.69 Å². The van der Waals surface area contributed by atoms with Crippen molar-refractivity contribution in [3.63, 3.8) is 0 Å². The Morgan fingerprint density at radius 2 is 2.42 bits per heavy atom. The van der Waals surface area contributed by atoms with Crippen molar-refractivity contribution in [3.05, 3.63) is 40.7 Å². The SMILES string of the molecule is CCOc1cccc(NCC(O)c2n[nH]c(=O)o2)c1. The minimum absolute atomic E-state index is 0.0431. The molecule has 0 aliphatic carbocycles. The van der Waals surface area contributed by atoms with E-state index in [1.165, 1.54) is 0 Å². The van der Waals surface area contributed by atoms with Crippen molar-refractivity contribution in [2.24, 2.45) is 0 Å². The molecule has 0 radical (unpaired) electrons. The third-order valence-electron chi connectivity index (χ3n) is 2.38. The molecule has 1 atom stereocenters. The average Bonchev–Trinajstić information content (AvgIpc) is 2.84. The molecule has 102 valence electrons. The molecule has 0 aliphatic rings. The lowest BCUT2D eigenvalue weighted by molar-refractivity contribution is 0.154. The number of ether oxygens (including phenoxy) is 1. The normalized spacial score (nSPS) is 12.1. The van der Waals surface area contributed by atoms with E-state index in [0.29, 0.717) is 6.61 Å². The van der Waals surface area contributed by atoms with Crippen LogP contribution in [0.25, 0.3) is 0 Å². The quantitative estimate of drug-likeness (QED) is 0.717. The van der Waals surface area contributed by atoms with Gasteiger partial charge in [-0.15, -0.1) is 5.10 Å². The fourth-order valence-corrected chi connectivity index (χ4v) is 1.55. The van der Waals surface area contributed by atoms with Gasteiger partial charge >= 0.3 is 5.76 Å². The van der Waals surface area contributed by atoms with Gasteiger partial charge in [-0.2, -0.15) is 0 Å². The van der Waals surface area contributed by atoms with Gasteiger partial charge in [0.15, 0.2) is 0 Å². The van der Waals surface area contributed by atoms with E-state index < -0.39 is 11.9 Å². The molecule has 7 heteroatoms. The van der Waals surface area contributed by atoms with Gasteiger partial charge in [0.05, 0.1) is 6.61 Å². The Morgan fingerprint density at radius 1 is 1.58 bits per heavy atom. The molecule has 0 aliphatic heterocycles. The summed E-state index contributed by atoms with van der Waals surface area (Å²) in [5.74, 6) is 0.0131. The first-order valence-electron chi connectivity index (χ1n) is 5.89. The van der Waals surface area contributed by atoms with E-state index in [-0.39, 0.29) is 12.4 Å². The summed E-state index contributed by atoms with van der Waals surface area (Å²) in [4.78, 5) is 10.8. The maximum absolute atomic E-state index is 10.8. The fourth-order valence-electron chi connectivity index (χ4n) is 1.55. The van der Waals surface area contributed by atoms with Crippen LogP contribution in [0.4, 0.5) is 5.69 Å². The number of H-pyrrole nitrogens is 1. The molecule has 2 aromatic rings. The zero-order valence-corrected chi connectivity index (χ0v) is 10.4. The zero-order chi connectivity index (χ0) is 13.7. The van der Waals surface area contributed by atoms with E-state index in [2.05, 4.69) is 19.9 Å². The first-order valence-corrected chi connectivity index (χ1v) is 5.89. The average molecular weight is 265 g/mol. The number of benzene rings is 1. The highest BCUT2D eigenvalue weighted by molar-refractivity contribution is 5.48. The van der Waals surface area contributed by atoms with E-state index in [4.69, 9.17) is 4.74 Å². The second kappa shape index (κ2) is 6.05. The Labute approximate surface area is 109 Å². The van der Waals surface area contributed by atoms with Gasteiger partial charge in [-0.3, -0.25) is 0 Å². The lowest BCUT2D eigenvalue weighted by Crippen LogP contribution is -2.12. The van der Waals surface area contributed by atoms with Crippen molar-refractivity contribution < 1.29 is 14.3 Å². The summed E-state index contributed by atoms with van der Waals surface area (Å²) in [6, 6.07) is 7.35. The first kappa shape index (κ1) is 13.2. The molecule has 0 amide bonds. The monoisotopic (exact) mass is 265 g/mol. The van der Waals surface area contributed by atoms with Crippen LogP contribution in [0.3, 0.4) is 0 Å². The molecule has 7 nitrogen and oxygen atoms in total. The maximum atomic E-state index is 10.8. The van der Waals surface area contributed by atoms with Gasteiger partial charge in [0, 0.05) is 18.3 Å². The standard InChI is InChI=1S/C12H15N3O4/c1-2-18-9-5-3-4-8(6-9)13-7-10(16)11-14-15-12(17)19-11/h3-6,10,13,16H,2,7H2,1H3,(H,15,17). The number of nitrogens with one attached hydrogen (secondary N) is 2. The highest BCUT2D eigenvalue weighted by atomic mass is 16.5. The van der Waals surface area contributed by atoms with Crippen LogP contribution in [0.15, 0.2) is 33.5 Å². The van der Waals surface area contributed by atoms with Crippen LogP contribution in [0.1, 0.15) is 18.9 Å². The number of aliphatic hydroxyl groups is 1. The van der Waals surface area contributed by atoms with Crippen molar-refractivity contribution in [1.29, 1.82) is 0 Å². The third-order valence-corrected chi connectivity index (χ3v) is 2.38. The van der Waals surface area contributed by atoms with Crippen molar-refractivity contribution in [3.8, 4) is 5.75 Å². The number of anilines is 1. The second-order valence-electron chi connectivity index (χ2n) is 3.81. The molecule has 19 heavy (non-hydrogen) atoms. The number of hydrogen-bond acceptors (Lipinski definition) is 6. The lowest BCUT2D eigenvalue weighted by Gasteiger charge is -2.10. The molecule has 1 heterocycles. The first-order chi connectivity index (χ1) is 9.19. The van der Waals surface area contributed by atoms with Crippen LogP contribution in [0, 0.1) is 0 Å². The molecule has 3 N–H and O–H groups in total. The molecule has 1 aromatic carbocycles. The van der Waals surface area contributed by atoms with Crippen LogP contribution in [-0.4, -0.2) is 28.5 Å². The molecule has 0 saturated heterocycles. The summed E-state index contributed by atoms with van der Waals surface area (Å²) >= 11 is 0. The number of rotatable bonds is 6. The van der Waals surface area contributed by atoms with Crippen molar-refractivity contribution in [2.75, 3.05) is 18.5 Å². The zero-order valence-electron chi connectivity index (χ0n) is 10.4. The summed E-state index contributed by atoms with van der Waals surface area (Å²) in [5.41, 5.74) is 0.794. The summed E-state index contributed by atoms with van der Waals surface area (Å²) in [5, 5.41) is 18.4. The van der Waals surface area contributed by atoms with E-state index in [1.54, 1.807) is 0 Å². The second-order valence-corrected chi connectivity index (χ2v) is 3.81. The highest BCUT2D eigenvalue weighted by Gasteiger charge is 2.13. The van der Waals surface area contributed by atoms with E-state index in [9.17, 15) is 9.90 Å². The molecule has 1 unspecified atom stereocenters. The Hall–Kier alpha value is -2.28. The molecule has 0 saturated carbocycles. The number of aromatic amines is 1. The van der Waals surface area contributed by atoms with Gasteiger partial charge in [0.1, 0.15) is 11.9 Å². The van der Waals surface area contributed by atoms with Gasteiger partial charge in [0.25, 0.3) is 0 Å². The largest absolute Gasteiger partial charge is 0.494 e. The highest BCUT2D eigenvalue weighted by Crippen LogP contribution is 2.18. The Bertz CT molecular complexity index is 578. The number of nitrogens with zero attached hydrogens (tertiary/aromatic N) is 1. The smallest absolute Gasteiger partial charge is 0.434 e. The van der Waals surface area contributed by atoms with Crippen LogP contribution in [0.2, 0.25) is 0 Å². The van der Waals surface area contributed by atoms with E-state index in [1.807, 2.05) is 31.2 Å². The molecule has 2 rings (SSSR count). The maximum Gasteiger partial charge on any atom is 0.434 e. The molecule has 0 spiro atoms. The fraction of sp³-hybridized carbons (Fsp3) is 0.333. The topological polar surface area (TPSA) is 100 Å². The number of aromatic nitrogens is 2. The van der Waals surface area contributed by atoms with Gasteiger partial charge in [-0.25, -0.2) is 9.89 Å². The number of aliphatic hydroxyl groups excluding tert-OH is 1. The summed E-state index contributed by atoms with van der Waals surface area (Å²) in [7, 11) is 0. The van der Waals surface area contributed by atoms with Gasteiger partial charge < -0.3 is 19.6 Å². The predicted molar refractivity (Wildman–Crippen MR) is 68.2 cm³/mol. The minimum atomic E-state index is -1.00. The Morgan fingerprint density at radius 3 is 3.11 bits per heavy atom. The van der Waals surface area contributed by atoms with E-state index >= 15 is 0 Å². The summed E-state index contributed by atoms with van der Waals surface area (Å²) in [6.07, 6.45) is -1.00. The van der Waals surface area contributed by atoms with E-state index in [0.717, 1.165) is 11.4 Å². The van der Waals surface area contributed by atoms with Gasteiger partial charge in [-0.1, -0.05) is 6.07 Å². The molecule has 0 fully saturated rings. The minimum Gasteiger partial charge on any atom is -0.494 e. The van der Waals surface area contributed by atoms with Crippen LogP contribution >= 0.6 is 0 Å². The molecular weight excluding hydrogens is 250 g/mol. The summed E-state index contributed by atoms with van der Waals surface area (Å²) < 4.78 is 10.0. The summed E-state index contributed by atoms with van der Waals surface area (Å²) in [6.45, 7) is 2.66. The lowest BCUT2D eigenvalue weighted by atomic mass is 10.3. The van der Waals surface area contributed by atoms with Crippen LogP contribution in [-0.2, 0) is 0 Å². The van der Waals surface area contributed by atoms with Crippen LogP contribution in [0.5, 0.6) is 5.75 Å². The molecule has 0 bridgehead atoms. The predicted octanol–water partition coefficient (Wildman–Crippen LogP) is 0.907. The Balaban J connectivity index is 1.94. The molecular formula is C12H15N3O4. The van der Waals surface area contributed by atoms with Crippen molar-refractivity contribution in [2.45, 2.75) is 13.0 Å². The number of hydrogen-bond donors (Lipinski definition) is 3. The third kappa shape index (κ3) is 3.59. The molecule has 1 aromatic heterocycles. The Kier molecular flexibility index (Phi) is 4.19. The van der Waals surface area contributed by atoms with Gasteiger partial charge in [-0.05, 0) is 19.1 Å². The van der Waals surface area contributed by atoms with Gasteiger partial charge in [0.2, 0.25) is 5.89 Å². The van der Waals surface area contributed by atoms with Crippen molar-refractivity contribution in [1.82, 2.24) is 10.2 Å². The van der Waals surface area contributed by atoms with Crippen LogP contribution < -0.4 is 15.8 Å².